The van der Waals surface area contributed by atoms with E-state index in [2.05, 4.69) is 39.3 Å². The lowest BCUT2D eigenvalue weighted by atomic mass is 9.99. The largest absolute Gasteiger partial charge is 0.364 e. The van der Waals surface area contributed by atoms with E-state index in [1.54, 1.807) is 6.20 Å². The molecule has 3 heterocycles. The van der Waals surface area contributed by atoms with Gasteiger partial charge in [0.1, 0.15) is 5.82 Å². The molecule has 144 valence electrons. The SMILES string of the molecule is CC1CCN(C(=O)c2ccc(NCc3ccn(C4CCCC4)n3)nc2)CC1. The third-order valence-corrected chi connectivity index (χ3v) is 5.89. The molecule has 1 saturated heterocycles. The lowest BCUT2D eigenvalue weighted by molar-refractivity contribution is 0.0697. The minimum atomic E-state index is 0.0938. The van der Waals surface area contributed by atoms with E-state index >= 15 is 0 Å². The van der Waals surface area contributed by atoms with Crippen molar-refractivity contribution in [3.8, 4) is 0 Å². The Balaban J connectivity index is 1.31. The molecular formula is C21H29N5O. The second-order valence-electron chi connectivity index (χ2n) is 7.99. The number of pyridine rings is 1. The van der Waals surface area contributed by atoms with Crippen LogP contribution >= 0.6 is 0 Å². The molecule has 1 saturated carbocycles. The molecule has 0 unspecified atom stereocenters. The van der Waals surface area contributed by atoms with E-state index in [1.165, 1.54) is 25.7 Å². The third-order valence-electron chi connectivity index (χ3n) is 5.89. The van der Waals surface area contributed by atoms with E-state index in [9.17, 15) is 4.79 Å². The topological polar surface area (TPSA) is 63.1 Å². The van der Waals surface area contributed by atoms with Gasteiger partial charge in [0.15, 0.2) is 0 Å². The molecule has 0 atom stereocenters. The smallest absolute Gasteiger partial charge is 0.255 e. The predicted molar refractivity (Wildman–Crippen MR) is 106 cm³/mol. The molecule has 4 rings (SSSR count). The number of nitrogens with zero attached hydrogens (tertiary/aromatic N) is 4. The quantitative estimate of drug-likeness (QED) is 0.871. The minimum Gasteiger partial charge on any atom is -0.364 e. The van der Waals surface area contributed by atoms with Crippen molar-refractivity contribution in [1.82, 2.24) is 19.7 Å². The Morgan fingerprint density at radius 3 is 2.63 bits per heavy atom. The summed E-state index contributed by atoms with van der Waals surface area (Å²) in [6.07, 6.45) is 11.0. The maximum absolute atomic E-state index is 12.6. The van der Waals surface area contributed by atoms with Crippen LogP contribution in [0.25, 0.3) is 0 Å². The normalized spacial score (nSPS) is 18.8. The van der Waals surface area contributed by atoms with Gasteiger partial charge in [0, 0.05) is 25.5 Å². The first-order valence-electron chi connectivity index (χ1n) is 10.2. The number of likely N-dealkylation sites (tertiary alicyclic amines) is 1. The minimum absolute atomic E-state index is 0.0938. The Hall–Kier alpha value is -2.37. The second kappa shape index (κ2) is 8.11. The number of hydrogen-bond acceptors (Lipinski definition) is 4. The number of carbonyl (C=O) groups excluding carboxylic acids is 1. The summed E-state index contributed by atoms with van der Waals surface area (Å²) in [5.74, 6) is 1.58. The average molecular weight is 367 g/mol. The van der Waals surface area contributed by atoms with Crippen molar-refractivity contribution in [3.05, 3.63) is 41.9 Å². The van der Waals surface area contributed by atoms with Gasteiger partial charge in [-0.05, 0) is 49.8 Å². The summed E-state index contributed by atoms with van der Waals surface area (Å²) in [6.45, 7) is 4.60. The van der Waals surface area contributed by atoms with Crippen molar-refractivity contribution in [3.63, 3.8) is 0 Å². The predicted octanol–water partition coefficient (Wildman–Crippen LogP) is 3.88. The van der Waals surface area contributed by atoms with Crippen LogP contribution in [0.15, 0.2) is 30.6 Å². The maximum Gasteiger partial charge on any atom is 0.255 e. The number of piperidine rings is 1. The van der Waals surface area contributed by atoms with Crippen LogP contribution < -0.4 is 5.32 Å². The Kier molecular flexibility index (Phi) is 5.41. The number of nitrogens with one attached hydrogen (secondary N) is 1. The number of carbonyl (C=O) groups is 1. The van der Waals surface area contributed by atoms with Gasteiger partial charge in [0.2, 0.25) is 0 Å². The van der Waals surface area contributed by atoms with E-state index in [-0.39, 0.29) is 5.91 Å². The van der Waals surface area contributed by atoms with E-state index in [4.69, 9.17) is 0 Å². The lowest BCUT2D eigenvalue weighted by Crippen LogP contribution is -2.37. The summed E-state index contributed by atoms with van der Waals surface area (Å²) in [4.78, 5) is 18.9. The molecule has 27 heavy (non-hydrogen) atoms. The zero-order chi connectivity index (χ0) is 18.6. The Labute approximate surface area is 161 Å². The molecule has 0 spiro atoms. The van der Waals surface area contributed by atoms with Gasteiger partial charge in [-0.3, -0.25) is 9.48 Å². The van der Waals surface area contributed by atoms with Crippen LogP contribution in [0.4, 0.5) is 5.82 Å². The van der Waals surface area contributed by atoms with Crippen molar-refractivity contribution < 1.29 is 4.79 Å². The molecule has 0 bridgehead atoms. The van der Waals surface area contributed by atoms with Crippen LogP contribution in [-0.4, -0.2) is 38.7 Å². The standard InChI is InChI=1S/C21H29N5O/c1-16-8-11-25(12-9-16)21(27)17-6-7-20(22-14-17)23-15-18-10-13-26(24-18)19-4-2-3-5-19/h6-7,10,13-14,16,19H,2-5,8-9,11-12,15H2,1H3,(H,22,23). The summed E-state index contributed by atoms with van der Waals surface area (Å²) in [5, 5.41) is 7.99. The molecule has 2 fully saturated rings. The zero-order valence-electron chi connectivity index (χ0n) is 16.1. The fourth-order valence-electron chi connectivity index (χ4n) is 4.04. The van der Waals surface area contributed by atoms with Gasteiger partial charge in [0.05, 0.1) is 23.8 Å². The first-order chi connectivity index (χ1) is 13.2. The van der Waals surface area contributed by atoms with Crippen LogP contribution in [0.2, 0.25) is 0 Å². The summed E-state index contributed by atoms with van der Waals surface area (Å²) in [5.41, 5.74) is 1.69. The van der Waals surface area contributed by atoms with Crippen LogP contribution in [0.1, 0.15) is 67.5 Å². The van der Waals surface area contributed by atoms with Gasteiger partial charge in [0.25, 0.3) is 5.91 Å². The Bertz CT molecular complexity index is 755. The fourth-order valence-corrected chi connectivity index (χ4v) is 4.04. The molecule has 1 aliphatic carbocycles. The van der Waals surface area contributed by atoms with Crippen LogP contribution in [0.5, 0.6) is 0 Å². The van der Waals surface area contributed by atoms with Crippen LogP contribution in [0.3, 0.4) is 0 Å². The van der Waals surface area contributed by atoms with Gasteiger partial charge >= 0.3 is 0 Å². The lowest BCUT2D eigenvalue weighted by Gasteiger charge is -2.30. The maximum atomic E-state index is 12.6. The third kappa shape index (κ3) is 4.31. The first kappa shape index (κ1) is 18.0. The number of anilines is 1. The molecule has 2 aliphatic rings. The molecule has 6 nitrogen and oxygen atoms in total. The average Bonchev–Trinajstić information content (AvgIpc) is 3.38. The number of rotatable bonds is 5. The highest BCUT2D eigenvalue weighted by Gasteiger charge is 2.21. The Morgan fingerprint density at radius 1 is 1.15 bits per heavy atom. The number of aromatic nitrogens is 3. The highest BCUT2D eigenvalue weighted by Crippen LogP contribution is 2.28. The molecule has 2 aromatic heterocycles. The van der Waals surface area contributed by atoms with Gasteiger partial charge in [-0.1, -0.05) is 19.8 Å². The van der Waals surface area contributed by atoms with Crippen molar-refractivity contribution in [1.29, 1.82) is 0 Å². The van der Waals surface area contributed by atoms with Crippen molar-refractivity contribution in [2.75, 3.05) is 18.4 Å². The molecule has 0 aromatic carbocycles. The highest BCUT2D eigenvalue weighted by molar-refractivity contribution is 5.94. The van der Waals surface area contributed by atoms with Gasteiger partial charge < -0.3 is 10.2 Å². The fraction of sp³-hybridized carbons (Fsp3) is 0.571. The van der Waals surface area contributed by atoms with Crippen LogP contribution in [-0.2, 0) is 6.54 Å². The van der Waals surface area contributed by atoms with Crippen LogP contribution in [0, 0.1) is 5.92 Å². The molecule has 0 radical (unpaired) electrons. The molecule has 1 aliphatic heterocycles. The van der Waals surface area contributed by atoms with Gasteiger partial charge in [-0.15, -0.1) is 0 Å². The zero-order valence-corrected chi connectivity index (χ0v) is 16.1. The van der Waals surface area contributed by atoms with Gasteiger partial charge in [-0.25, -0.2) is 4.98 Å². The highest BCUT2D eigenvalue weighted by atomic mass is 16.2. The summed E-state index contributed by atoms with van der Waals surface area (Å²) >= 11 is 0. The summed E-state index contributed by atoms with van der Waals surface area (Å²) in [6, 6.07) is 6.39. The summed E-state index contributed by atoms with van der Waals surface area (Å²) < 4.78 is 2.11. The van der Waals surface area contributed by atoms with E-state index in [1.807, 2.05) is 17.0 Å². The van der Waals surface area contributed by atoms with Crippen molar-refractivity contribution in [2.45, 2.75) is 58.0 Å². The molecule has 6 heteroatoms. The Morgan fingerprint density at radius 2 is 1.93 bits per heavy atom. The monoisotopic (exact) mass is 367 g/mol. The van der Waals surface area contributed by atoms with E-state index in [0.29, 0.717) is 18.2 Å². The van der Waals surface area contributed by atoms with Gasteiger partial charge in [-0.2, -0.15) is 5.10 Å². The number of hydrogen-bond donors (Lipinski definition) is 1. The molecular weight excluding hydrogens is 338 g/mol. The second-order valence-corrected chi connectivity index (χ2v) is 7.99. The molecule has 1 N–H and O–H groups in total. The first-order valence-corrected chi connectivity index (χ1v) is 10.2. The van der Waals surface area contributed by atoms with E-state index in [0.717, 1.165) is 43.4 Å². The van der Waals surface area contributed by atoms with E-state index < -0.39 is 0 Å². The molecule has 2 aromatic rings. The summed E-state index contributed by atoms with van der Waals surface area (Å²) in [7, 11) is 0. The van der Waals surface area contributed by atoms with Crippen molar-refractivity contribution >= 4 is 11.7 Å². The number of amides is 1. The molecule has 1 amide bonds. The van der Waals surface area contributed by atoms with Crippen molar-refractivity contribution in [2.24, 2.45) is 5.92 Å².